The van der Waals surface area contributed by atoms with E-state index in [2.05, 4.69) is 25.1 Å². The van der Waals surface area contributed by atoms with Gasteiger partial charge in [0.05, 0.1) is 10.6 Å². The largest absolute Gasteiger partial charge is 0.270 e. The van der Waals surface area contributed by atoms with Crippen molar-refractivity contribution >= 4 is 46.0 Å². The van der Waals surface area contributed by atoms with Gasteiger partial charge in [0, 0.05) is 0 Å². The van der Waals surface area contributed by atoms with Crippen molar-refractivity contribution in [3.8, 4) is 0 Å². The zero-order valence-electron chi connectivity index (χ0n) is 14.0. The number of thiocarbonyl (C=S) groups is 1. The molecule has 0 aliphatic carbocycles. The number of benzene rings is 2. The molecule has 2 aromatic carbocycles. The molecule has 1 aliphatic rings. The average Bonchev–Trinajstić information content (AvgIpc) is 2.83. The van der Waals surface area contributed by atoms with Gasteiger partial charge < -0.3 is 0 Å². The molecule has 0 bridgehead atoms. The first-order valence-corrected chi connectivity index (χ1v) is 9.16. The van der Waals surface area contributed by atoms with Crippen molar-refractivity contribution in [2.45, 2.75) is 27.2 Å². The number of rotatable bonds is 3. The third-order valence-electron chi connectivity index (χ3n) is 4.07. The van der Waals surface area contributed by atoms with E-state index >= 15 is 0 Å². The van der Waals surface area contributed by atoms with Crippen molar-refractivity contribution in [1.29, 1.82) is 0 Å². The molecule has 0 atom stereocenters. The molecule has 4 heteroatoms. The predicted octanol–water partition coefficient (Wildman–Crippen LogP) is 5.27. The molecule has 1 aliphatic heterocycles. The van der Waals surface area contributed by atoms with Gasteiger partial charge in [-0.2, -0.15) is 0 Å². The summed E-state index contributed by atoms with van der Waals surface area (Å²) in [7, 11) is 0. The van der Waals surface area contributed by atoms with Gasteiger partial charge in [-0.1, -0.05) is 72.9 Å². The molecule has 0 saturated carbocycles. The van der Waals surface area contributed by atoms with Crippen molar-refractivity contribution in [3.63, 3.8) is 0 Å². The van der Waals surface area contributed by atoms with E-state index in [4.69, 9.17) is 12.2 Å². The SMILES string of the molecule is CCc1ccc(/C=C2/SC(=S)N(c3ccc(C)cc3C)C2=O)cc1. The number of hydrogen-bond donors (Lipinski definition) is 0. The number of anilines is 1. The van der Waals surface area contributed by atoms with Crippen LogP contribution in [-0.2, 0) is 11.2 Å². The summed E-state index contributed by atoms with van der Waals surface area (Å²) in [5.41, 5.74) is 5.41. The van der Waals surface area contributed by atoms with Crippen molar-refractivity contribution in [2.24, 2.45) is 0 Å². The van der Waals surface area contributed by atoms with E-state index in [-0.39, 0.29) is 5.91 Å². The molecule has 1 heterocycles. The Morgan fingerprint density at radius 3 is 2.46 bits per heavy atom. The van der Waals surface area contributed by atoms with Crippen LogP contribution in [0.1, 0.15) is 29.2 Å². The van der Waals surface area contributed by atoms with E-state index < -0.39 is 0 Å². The molecule has 24 heavy (non-hydrogen) atoms. The Morgan fingerprint density at radius 2 is 1.83 bits per heavy atom. The van der Waals surface area contributed by atoms with E-state index in [0.29, 0.717) is 9.23 Å². The third kappa shape index (κ3) is 3.30. The zero-order chi connectivity index (χ0) is 17.3. The first kappa shape index (κ1) is 16.9. The van der Waals surface area contributed by atoms with Crippen LogP contribution in [0.15, 0.2) is 47.4 Å². The van der Waals surface area contributed by atoms with Gasteiger partial charge in [0.25, 0.3) is 5.91 Å². The van der Waals surface area contributed by atoms with E-state index in [0.717, 1.165) is 23.2 Å². The molecule has 0 unspecified atom stereocenters. The van der Waals surface area contributed by atoms with Gasteiger partial charge in [0.1, 0.15) is 0 Å². The minimum Gasteiger partial charge on any atom is -0.268 e. The number of hydrogen-bond acceptors (Lipinski definition) is 3. The number of carbonyl (C=O) groups is 1. The number of carbonyl (C=O) groups excluding carboxylic acids is 1. The molecular weight excluding hydrogens is 334 g/mol. The van der Waals surface area contributed by atoms with Gasteiger partial charge in [-0.15, -0.1) is 0 Å². The van der Waals surface area contributed by atoms with Crippen LogP contribution in [0.2, 0.25) is 0 Å². The highest BCUT2D eigenvalue weighted by Gasteiger charge is 2.33. The third-order valence-corrected chi connectivity index (χ3v) is 5.37. The van der Waals surface area contributed by atoms with Crippen molar-refractivity contribution < 1.29 is 4.79 Å². The summed E-state index contributed by atoms with van der Waals surface area (Å²) < 4.78 is 0.586. The first-order valence-electron chi connectivity index (χ1n) is 7.93. The van der Waals surface area contributed by atoms with Gasteiger partial charge >= 0.3 is 0 Å². The summed E-state index contributed by atoms with van der Waals surface area (Å²) >= 11 is 6.82. The Hall–Kier alpha value is -1.91. The molecule has 0 spiro atoms. The summed E-state index contributed by atoms with van der Waals surface area (Å²) in [6.07, 6.45) is 2.93. The van der Waals surface area contributed by atoms with E-state index in [1.807, 2.05) is 44.2 Å². The highest BCUT2D eigenvalue weighted by Crippen LogP contribution is 2.37. The molecule has 2 nitrogen and oxygen atoms in total. The zero-order valence-corrected chi connectivity index (χ0v) is 15.6. The Labute approximate surface area is 152 Å². The van der Waals surface area contributed by atoms with Crippen LogP contribution in [0.25, 0.3) is 6.08 Å². The number of thioether (sulfide) groups is 1. The standard InChI is InChI=1S/C20H19NOS2/c1-4-15-6-8-16(9-7-15)12-18-19(22)21(20(23)24-18)17-10-5-13(2)11-14(17)3/h5-12H,4H2,1-3H3/b18-12+. The Kier molecular flexibility index (Phi) is 4.88. The Morgan fingerprint density at radius 1 is 1.12 bits per heavy atom. The minimum atomic E-state index is -0.0449. The van der Waals surface area contributed by atoms with Gasteiger partial charge in [0.15, 0.2) is 4.32 Å². The molecule has 2 aromatic rings. The highest BCUT2D eigenvalue weighted by molar-refractivity contribution is 8.27. The maximum Gasteiger partial charge on any atom is 0.270 e. The van der Waals surface area contributed by atoms with Crippen LogP contribution in [0, 0.1) is 13.8 Å². The van der Waals surface area contributed by atoms with Crippen LogP contribution in [0.5, 0.6) is 0 Å². The summed E-state index contributed by atoms with van der Waals surface area (Å²) in [5.74, 6) is -0.0449. The van der Waals surface area contributed by atoms with E-state index in [1.165, 1.54) is 22.9 Å². The summed E-state index contributed by atoms with van der Waals surface area (Å²) in [6, 6.07) is 14.3. The lowest BCUT2D eigenvalue weighted by Crippen LogP contribution is -2.28. The maximum absolute atomic E-state index is 12.8. The molecular formula is C20H19NOS2. The molecule has 0 aromatic heterocycles. The second kappa shape index (κ2) is 6.91. The Bertz CT molecular complexity index is 837. The summed E-state index contributed by atoms with van der Waals surface area (Å²) in [5, 5.41) is 0. The van der Waals surface area contributed by atoms with E-state index in [9.17, 15) is 4.79 Å². The van der Waals surface area contributed by atoms with Crippen LogP contribution < -0.4 is 4.90 Å². The molecule has 0 radical (unpaired) electrons. The van der Waals surface area contributed by atoms with Crippen LogP contribution in [0.3, 0.4) is 0 Å². The van der Waals surface area contributed by atoms with Gasteiger partial charge in [-0.25, -0.2) is 0 Å². The number of aryl methyl sites for hydroxylation is 3. The molecule has 1 fully saturated rings. The monoisotopic (exact) mass is 353 g/mol. The van der Waals surface area contributed by atoms with Crippen LogP contribution in [-0.4, -0.2) is 10.2 Å². The quantitative estimate of drug-likeness (QED) is 0.554. The fourth-order valence-corrected chi connectivity index (χ4v) is 4.02. The van der Waals surface area contributed by atoms with Crippen LogP contribution >= 0.6 is 24.0 Å². The molecule has 122 valence electrons. The van der Waals surface area contributed by atoms with Crippen molar-refractivity contribution in [2.75, 3.05) is 4.90 Å². The summed E-state index contributed by atoms with van der Waals surface area (Å²) in [4.78, 5) is 15.1. The average molecular weight is 354 g/mol. The minimum absolute atomic E-state index is 0.0449. The fraction of sp³-hybridized carbons (Fsp3) is 0.200. The highest BCUT2D eigenvalue weighted by atomic mass is 32.2. The lowest BCUT2D eigenvalue weighted by molar-refractivity contribution is -0.113. The topological polar surface area (TPSA) is 20.3 Å². The fourth-order valence-electron chi connectivity index (χ4n) is 2.73. The number of amides is 1. The second-order valence-electron chi connectivity index (χ2n) is 5.90. The maximum atomic E-state index is 12.8. The lowest BCUT2D eigenvalue weighted by atomic mass is 10.1. The normalized spacial score (nSPS) is 16.3. The molecule has 1 amide bonds. The predicted molar refractivity (Wildman–Crippen MR) is 107 cm³/mol. The van der Waals surface area contributed by atoms with Crippen molar-refractivity contribution in [3.05, 3.63) is 69.6 Å². The van der Waals surface area contributed by atoms with Gasteiger partial charge in [-0.05, 0) is 49.1 Å². The smallest absolute Gasteiger partial charge is 0.268 e. The van der Waals surface area contributed by atoms with E-state index in [1.54, 1.807) is 4.90 Å². The second-order valence-corrected chi connectivity index (χ2v) is 7.58. The van der Waals surface area contributed by atoms with Gasteiger partial charge in [0.2, 0.25) is 0 Å². The summed E-state index contributed by atoms with van der Waals surface area (Å²) in [6.45, 7) is 6.18. The molecule has 3 rings (SSSR count). The first-order chi connectivity index (χ1) is 11.5. The number of nitrogens with zero attached hydrogens (tertiary/aromatic N) is 1. The Balaban J connectivity index is 1.92. The lowest BCUT2D eigenvalue weighted by Gasteiger charge is -2.17. The molecule has 1 saturated heterocycles. The molecule has 0 N–H and O–H groups in total. The van der Waals surface area contributed by atoms with Crippen LogP contribution in [0.4, 0.5) is 5.69 Å². The van der Waals surface area contributed by atoms with Crippen molar-refractivity contribution in [1.82, 2.24) is 0 Å². The van der Waals surface area contributed by atoms with Gasteiger partial charge in [-0.3, -0.25) is 9.69 Å².